The van der Waals surface area contributed by atoms with Gasteiger partial charge in [-0.05, 0) is 19.4 Å². The molecule has 1 unspecified atom stereocenters. The Hall–Kier alpha value is -2.58. The van der Waals surface area contributed by atoms with E-state index < -0.39 is 0 Å². The highest BCUT2D eigenvalue weighted by atomic mass is 16.5. The minimum atomic E-state index is 0.222. The highest BCUT2D eigenvalue weighted by Gasteiger charge is 2.27. The molecule has 1 aliphatic heterocycles. The third-order valence-electron chi connectivity index (χ3n) is 4.73. The molecule has 0 spiro atoms. The van der Waals surface area contributed by atoms with Gasteiger partial charge in [0.2, 0.25) is 17.6 Å². The highest BCUT2D eigenvalue weighted by molar-refractivity contribution is 5.53. The third-order valence-corrected chi connectivity index (χ3v) is 4.73. The zero-order valence-corrected chi connectivity index (χ0v) is 15.4. The predicted octanol–water partition coefficient (Wildman–Crippen LogP) is 2.69. The van der Waals surface area contributed by atoms with Crippen molar-refractivity contribution < 1.29 is 13.8 Å². The molecule has 0 radical (unpaired) electrons. The zero-order chi connectivity index (χ0) is 18.5. The second-order valence-electron chi connectivity index (χ2n) is 6.74. The van der Waals surface area contributed by atoms with Crippen molar-refractivity contribution in [3.63, 3.8) is 0 Å². The second-order valence-corrected chi connectivity index (χ2v) is 6.74. The van der Waals surface area contributed by atoms with Gasteiger partial charge >= 0.3 is 0 Å². The van der Waals surface area contributed by atoms with Gasteiger partial charge in [-0.1, -0.05) is 40.6 Å². The second kappa shape index (κ2) is 8.41. The Bertz CT molecular complexity index is 848. The van der Waals surface area contributed by atoms with Crippen LogP contribution >= 0.6 is 0 Å². The van der Waals surface area contributed by atoms with Crippen LogP contribution in [0.5, 0.6) is 0 Å². The van der Waals surface area contributed by atoms with Gasteiger partial charge in [0, 0.05) is 25.6 Å². The molecule has 0 aliphatic carbocycles. The van der Waals surface area contributed by atoms with E-state index in [1.54, 1.807) is 7.11 Å². The molecule has 1 aliphatic rings. The van der Waals surface area contributed by atoms with Crippen LogP contribution in [0.3, 0.4) is 0 Å². The Morgan fingerprint density at radius 3 is 2.89 bits per heavy atom. The van der Waals surface area contributed by atoms with Crippen molar-refractivity contribution in [3.05, 3.63) is 47.9 Å². The monoisotopic (exact) mass is 369 g/mol. The summed E-state index contributed by atoms with van der Waals surface area (Å²) in [7, 11) is 1.66. The first-order valence-corrected chi connectivity index (χ1v) is 9.23. The van der Waals surface area contributed by atoms with Crippen molar-refractivity contribution in [2.45, 2.75) is 31.7 Å². The molecule has 0 N–H and O–H groups in total. The summed E-state index contributed by atoms with van der Waals surface area (Å²) in [6, 6.07) is 9.89. The van der Waals surface area contributed by atoms with Crippen molar-refractivity contribution in [3.8, 4) is 11.4 Å². The number of rotatable bonds is 7. The molecule has 3 aromatic rings. The lowest BCUT2D eigenvalue weighted by molar-refractivity contribution is 0.162. The molecule has 8 nitrogen and oxygen atoms in total. The normalized spacial score (nSPS) is 18.0. The maximum atomic E-state index is 5.55. The van der Waals surface area contributed by atoms with Crippen LogP contribution in [0.15, 0.2) is 39.4 Å². The van der Waals surface area contributed by atoms with Gasteiger partial charge in [0.15, 0.2) is 5.82 Å². The zero-order valence-electron chi connectivity index (χ0n) is 15.4. The minimum Gasteiger partial charge on any atom is -0.384 e. The molecular formula is C19H23N5O3. The molecule has 4 rings (SSSR count). The van der Waals surface area contributed by atoms with E-state index in [9.17, 15) is 0 Å². The van der Waals surface area contributed by atoms with Gasteiger partial charge in [0.05, 0.1) is 19.1 Å². The summed E-state index contributed by atoms with van der Waals surface area (Å²) in [6.45, 7) is 3.06. The summed E-state index contributed by atoms with van der Waals surface area (Å²) in [5.74, 6) is 2.88. The van der Waals surface area contributed by atoms with E-state index in [-0.39, 0.29) is 5.92 Å². The van der Waals surface area contributed by atoms with E-state index >= 15 is 0 Å². The average Bonchev–Trinajstić information content (AvgIpc) is 3.37. The van der Waals surface area contributed by atoms with Crippen LogP contribution in [0.25, 0.3) is 11.4 Å². The standard InChI is InChI=1S/C19H23N5O3/c1-25-11-9-16-20-17(26-22-16)13-24-10-5-8-15(12-24)19-21-18(23-27-19)14-6-3-2-4-7-14/h2-4,6-7,15H,5,8-13H2,1H3. The Labute approximate surface area is 157 Å². The molecule has 1 fully saturated rings. The third kappa shape index (κ3) is 4.40. The van der Waals surface area contributed by atoms with Crippen LogP contribution in [-0.2, 0) is 17.7 Å². The molecule has 0 bridgehead atoms. The maximum Gasteiger partial charge on any atom is 0.240 e. The SMILES string of the molecule is COCCc1noc(CN2CCCC(c3nc(-c4ccccc4)no3)C2)n1. The maximum absolute atomic E-state index is 5.55. The van der Waals surface area contributed by atoms with E-state index in [4.69, 9.17) is 13.8 Å². The Kier molecular flexibility index (Phi) is 5.55. The molecule has 1 atom stereocenters. The molecule has 1 saturated heterocycles. The molecule has 2 aromatic heterocycles. The van der Waals surface area contributed by atoms with Gasteiger partial charge in [0.25, 0.3) is 0 Å². The molecule has 27 heavy (non-hydrogen) atoms. The van der Waals surface area contributed by atoms with Gasteiger partial charge in [-0.25, -0.2) is 0 Å². The average molecular weight is 369 g/mol. The number of nitrogens with zero attached hydrogens (tertiary/aromatic N) is 5. The number of likely N-dealkylation sites (tertiary alicyclic amines) is 1. The Balaban J connectivity index is 1.38. The first kappa shape index (κ1) is 17.8. The van der Waals surface area contributed by atoms with Gasteiger partial charge in [-0.3, -0.25) is 4.90 Å². The number of methoxy groups -OCH3 is 1. The van der Waals surface area contributed by atoms with Crippen molar-refractivity contribution in [2.75, 3.05) is 26.8 Å². The van der Waals surface area contributed by atoms with Crippen LogP contribution in [0, 0.1) is 0 Å². The first-order valence-electron chi connectivity index (χ1n) is 9.23. The van der Waals surface area contributed by atoms with E-state index in [0.29, 0.717) is 43.0 Å². The quantitative estimate of drug-likeness (QED) is 0.628. The Morgan fingerprint density at radius 2 is 2.04 bits per heavy atom. The van der Waals surface area contributed by atoms with Gasteiger partial charge < -0.3 is 13.8 Å². The summed E-state index contributed by atoms with van der Waals surface area (Å²) >= 11 is 0. The fraction of sp³-hybridized carbons (Fsp3) is 0.474. The molecular weight excluding hydrogens is 346 g/mol. The lowest BCUT2D eigenvalue weighted by Crippen LogP contribution is -2.34. The van der Waals surface area contributed by atoms with E-state index in [0.717, 1.165) is 31.5 Å². The van der Waals surface area contributed by atoms with Crippen LogP contribution in [0.1, 0.15) is 36.4 Å². The topological polar surface area (TPSA) is 90.3 Å². The summed E-state index contributed by atoms with van der Waals surface area (Å²) in [6.07, 6.45) is 2.76. The fourth-order valence-electron chi connectivity index (χ4n) is 3.35. The van der Waals surface area contributed by atoms with Crippen molar-refractivity contribution in [2.24, 2.45) is 0 Å². The summed E-state index contributed by atoms with van der Waals surface area (Å²) < 4.78 is 16.0. The molecule has 1 aromatic carbocycles. The van der Waals surface area contributed by atoms with E-state index in [1.165, 1.54) is 0 Å². The number of hydrogen-bond donors (Lipinski definition) is 0. The molecule has 8 heteroatoms. The number of aromatic nitrogens is 4. The van der Waals surface area contributed by atoms with Crippen LogP contribution in [0.4, 0.5) is 0 Å². The van der Waals surface area contributed by atoms with Crippen LogP contribution in [0.2, 0.25) is 0 Å². The van der Waals surface area contributed by atoms with Crippen molar-refractivity contribution >= 4 is 0 Å². The smallest absolute Gasteiger partial charge is 0.240 e. The van der Waals surface area contributed by atoms with E-state index in [2.05, 4.69) is 25.2 Å². The van der Waals surface area contributed by atoms with Gasteiger partial charge in [-0.2, -0.15) is 9.97 Å². The summed E-state index contributed by atoms with van der Waals surface area (Å²) in [4.78, 5) is 11.3. The highest BCUT2D eigenvalue weighted by Crippen LogP contribution is 2.28. The lowest BCUT2D eigenvalue weighted by Gasteiger charge is -2.29. The number of benzene rings is 1. The minimum absolute atomic E-state index is 0.222. The van der Waals surface area contributed by atoms with E-state index in [1.807, 2.05) is 30.3 Å². The molecule has 3 heterocycles. The number of piperidine rings is 1. The largest absolute Gasteiger partial charge is 0.384 e. The summed E-state index contributed by atoms with van der Waals surface area (Å²) in [5.41, 5.74) is 0.967. The Morgan fingerprint density at radius 1 is 1.15 bits per heavy atom. The van der Waals surface area contributed by atoms with Crippen LogP contribution < -0.4 is 0 Å². The predicted molar refractivity (Wildman–Crippen MR) is 96.9 cm³/mol. The molecule has 0 saturated carbocycles. The fourth-order valence-corrected chi connectivity index (χ4v) is 3.35. The number of ether oxygens (including phenoxy) is 1. The summed E-state index contributed by atoms with van der Waals surface area (Å²) in [5, 5.41) is 8.14. The first-order chi connectivity index (χ1) is 13.3. The van der Waals surface area contributed by atoms with Crippen molar-refractivity contribution in [1.29, 1.82) is 0 Å². The number of hydrogen-bond acceptors (Lipinski definition) is 8. The van der Waals surface area contributed by atoms with Crippen molar-refractivity contribution in [1.82, 2.24) is 25.2 Å². The lowest BCUT2D eigenvalue weighted by atomic mass is 9.98. The molecule has 142 valence electrons. The van der Waals surface area contributed by atoms with Gasteiger partial charge in [0.1, 0.15) is 0 Å². The molecule has 0 amide bonds. The van der Waals surface area contributed by atoms with Gasteiger partial charge in [-0.15, -0.1) is 0 Å². The van der Waals surface area contributed by atoms with Crippen LogP contribution in [-0.4, -0.2) is 52.0 Å².